The van der Waals surface area contributed by atoms with Gasteiger partial charge in [0.25, 0.3) is 5.91 Å². The summed E-state index contributed by atoms with van der Waals surface area (Å²) in [5.74, 6) is -0.501. The zero-order valence-electron chi connectivity index (χ0n) is 19.4. The fourth-order valence-corrected chi connectivity index (χ4v) is 4.93. The molecule has 0 aliphatic rings. The van der Waals surface area contributed by atoms with Gasteiger partial charge in [-0.2, -0.15) is 0 Å². The second-order valence-corrected chi connectivity index (χ2v) is 10.3. The quantitative estimate of drug-likeness (QED) is 0.522. The molecule has 0 bridgehead atoms. The molecule has 1 amide bonds. The Bertz CT molecular complexity index is 1210. The van der Waals surface area contributed by atoms with Crippen LogP contribution in [0.4, 0.5) is 10.1 Å². The number of anilines is 1. The lowest BCUT2D eigenvalue weighted by atomic mass is 10.0. The third-order valence-corrected chi connectivity index (χ3v) is 6.55. The summed E-state index contributed by atoms with van der Waals surface area (Å²) < 4.78 is 39.6. The Morgan fingerprint density at radius 2 is 1.45 bits per heavy atom. The summed E-state index contributed by atoms with van der Waals surface area (Å²) in [5, 5.41) is 2.85. The molecule has 0 aromatic heterocycles. The van der Waals surface area contributed by atoms with Crippen LogP contribution >= 0.6 is 0 Å². The van der Waals surface area contributed by atoms with Crippen LogP contribution in [-0.4, -0.2) is 27.1 Å². The molecule has 0 atom stereocenters. The van der Waals surface area contributed by atoms with Gasteiger partial charge in [0.05, 0.1) is 18.5 Å². The fourth-order valence-electron chi connectivity index (χ4n) is 3.93. The number of amides is 1. The van der Waals surface area contributed by atoms with Crippen LogP contribution in [0.5, 0.6) is 0 Å². The lowest BCUT2D eigenvalue weighted by Crippen LogP contribution is -2.30. The minimum atomic E-state index is -3.51. The van der Waals surface area contributed by atoms with E-state index in [4.69, 9.17) is 0 Å². The summed E-state index contributed by atoms with van der Waals surface area (Å²) in [7, 11) is -3.51. The molecule has 0 aliphatic heterocycles. The average molecular weight is 469 g/mol. The Morgan fingerprint density at radius 3 is 2.00 bits per heavy atom. The zero-order chi connectivity index (χ0) is 24.2. The van der Waals surface area contributed by atoms with Gasteiger partial charge in [0.15, 0.2) is 0 Å². The molecule has 3 aromatic carbocycles. The maximum absolute atomic E-state index is 13.0. The van der Waals surface area contributed by atoms with Crippen LogP contribution < -0.4 is 9.62 Å². The molecule has 3 rings (SSSR count). The number of rotatable bonds is 8. The van der Waals surface area contributed by atoms with E-state index in [-0.39, 0.29) is 18.3 Å². The van der Waals surface area contributed by atoms with Gasteiger partial charge in [-0.3, -0.25) is 9.10 Å². The monoisotopic (exact) mass is 468 g/mol. The smallest absolute Gasteiger partial charge is 0.251 e. The van der Waals surface area contributed by atoms with E-state index in [1.54, 1.807) is 36.4 Å². The molecule has 7 heteroatoms. The van der Waals surface area contributed by atoms with Crippen molar-refractivity contribution in [2.75, 3.05) is 17.1 Å². The lowest BCUT2D eigenvalue weighted by molar-refractivity contribution is 0.0954. The molecular weight excluding hydrogens is 439 g/mol. The highest BCUT2D eigenvalue weighted by atomic mass is 32.2. The van der Waals surface area contributed by atoms with Crippen LogP contribution in [0.25, 0.3) is 0 Å². The molecule has 33 heavy (non-hydrogen) atoms. The third-order valence-electron chi connectivity index (χ3n) is 5.44. The van der Waals surface area contributed by atoms with Crippen LogP contribution in [0.2, 0.25) is 0 Å². The van der Waals surface area contributed by atoms with E-state index in [0.717, 1.165) is 27.8 Å². The number of hydrogen-bond acceptors (Lipinski definition) is 3. The molecular formula is C26H29FN2O3S. The number of carbonyl (C=O) groups excluding carboxylic acids is 1. The van der Waals surface area contributed by atoms with Gasteiger partial charge in [-0.15, -0.1) is 0 Å². The van der Waals surface area contributed by atoms with Gasteiger partial charge < -0.3 is 5.32 Å². The van der Waals surface area contributed by atoms with Crippen molar-refractivity contribution in [1.29, 1.82) is 0 Å². The van der Waals surface area contributed by atoms with E-state index in [0.29, 0.717) is 24.2 Å². The summed E-state index contributed by atoms with van der Waals surface area (Å²) in [6.07, 6.45) is 1.80. The molecule has 174 valence electrons. The summed E-state index contributed by atoms with van der Waals surface area (Å²) in [6, 6.07) is 17.1. The first-order valence-corrected chi connectivity index (χ1v) is 12.6. The Hall–Kier alpha value is -3.19. The Balaban J connectivity index is 1.69. The van der Waals surface area contributed by atoms with Crippen molar-refractivity contribution in [2.45, 2.75) is 33.7 Å². The number of halogens is 1. The number of benzene rings is 3. The van der Waals surface area contributed by atoms with Crippen molar-refractivity contribution < 1.29 is 17.6 Å². The van der Waals surface area contributed by atoms with Crippen molar-refractivity contribution >= 4 is 21.6 Å². The predicted octanol–water partition coefficient (Wildman–Crippen LogP) is 4.69. The van der Waals surface area contributed by atoms with Gasteiger partial charge in [0, 0.05) is 12.1 Å². The van der Waals surface area contributed by atoms with Crippen LogP contribution in [-0.2, 0) is 23.0 Å². The first-order valence-electron chi connectivity index (χ1n) is 10.7. The summed E-state index contributed by atoms with van der Waals surface area (Å²) >= 11 is 0. The van der Waals surface area contributed by atoms with E-state index >= 15 is 0 Å². The average Bonchev–Trinajstić information content (AvgIpc) is 2.73. The highest BCUT2D eigenvalue weighted by Crippen LogP contribution is 2.29. The van der Waals surface area contributed by atoms with Crippen LogP contribution in [0.15, 0.2) is 60.7 Å². The lowest BCUT2D eigenvalue weighted by Gasteiger charge is -2.26. The molecule has 0 aliphatic carbocycles. The first kappa shape index (κ1) is 24.5. The highest BCUT2D eigenvalue weighted by Gasteiger charge is 2.22. The summed E-state index contributed by atoms with van der Waals surface area (Å²) in [5.41, 5.74) is 5.77. The molecule has 5 nitrogen and oxygen atoms in total. The van der Waals surface area contributed by atoms with Gasteiger partial charge in [0.1, 0.15) is 5.82 Å². The Labute approximate surface area is 195 Å². The SMILES string of the molecule is Cc1cc(C)c(N(Cc2ccc(C(=O)NCCc3ccc(F)cc3)cc2)S(C)(=O)=O)c(C)c1. The van der Waals surface area contributed by atoms with Crippen molar-refractivity contribution in [1.82, 2.24) is 5.32 Å². The molecule has 0 fully saturated rings. The van der Waals surface area contributed by atoms with Gasteiger partial charge in [-0.05, 0) is 73.7 Å². The normalized spacial score (nSPS) is 11.3. The zero-order valence-corrected chi connectivity index (χ0v) is 20.2. The number of sulfonamides is 1. The van der Waals surface area contributed by atoms with Gasteiger partial charge in [-0.1, -0.05) is 42.0 Å². The standard InChI is InChI=1S/C26H29FN2O3S/c1-18-15-19(2)25(20(3)16-18)29(33(4,31)32)17-22-5-9-23(10-6-22)26(30)28-14-13-21-7-11-24(27)12-8-21/h5-12,15-16H,13-14,17H2,1-4H3,(H,28,30). The molecule has 3 aromatic rings. The minimum Gasteiger partial charge on any atom is -0.352 e. The van der Waals surface area contributed by atoms with E-state index in [1.807, 2.05) is 32.9 Å². The van der Waals surface area contributed by atoms with E-state index in [9.17, 15) is 17.6 Å². The van der Waals surface area contributed by atoms with Crippen molar-refractivity contribution in [3.63, 3.8) is 0 Å². The molecule has 0 radical (unpaired) electrons. The van der Waals surface area contributed by atoms with Crippen LogP contribution in [0, 0.1) is 26.6 Å². The van der Waals surface area contributed by atoms with Crippen molar-refractivity contribution in [2.24, 2.45) is 0 Å². The molecule has 0 saturated heterocycles. The number of nitrogens with zero attached hydrogens (tertiary/aromatic N) is 1. The minimum absolute atomic E-state index is 0.177. The predicted molar refractivity (Wildman–Crippen MR) is 131 cm³/mol. The molecule has 0 unspecified atom stereocenters. The maximum atomic E-state index is 13.0. The van der Waals surface area contributed by atoms with Gasteiger partial charge in [0.2, 0.25) is 10.0 Å². The molecule has 0 heterocycles. The Morgan fingerprint density at radius 1 is 0.909 bits per heavy atom. The second-order valence-electron chi connectivity index (χ2n) is 8.35. The maximum Gasteiger partial charge on any atom is 0.251 e. The largest absolute Gasteiger partial charge is 0.352 e. The number of nitrogens with one attached hydrogen (secondary N) is 1. The molecule has 0 spiro atoms. The topological polar surface area (TPSA) is 66.5 Å². The summed E-state index contributed by atoms with van der Waals surface area (Å²) in [6.45, 7) is 6.41. The number of hydrogen-bond donors (Lipinski definition) is 1. The number of aryl methyl sites for hydroxylation is 3. The fraction of sp³-hybridized carbons (Fsp3) is 0.269. The summed E-state index contributed by atoms with van der Waals surface area (Å²) in [4.78, 5) is 12.4. The van der Waals surface area contributed by atoms with E-state index in [2.05, 4.69) is 5.32 Å². The van der Waals surface area contributed by atoms with Crippen molar-refractivity contribution in [3.05, 3.63) is 99.9 Å². The van der Waals surface area contributed by atoms with E-state index < -0.39 is 10.0 Å². The highest BCUT2D eigenvalue weighted by molar-refractivity contribution is 7.92. The third kappa shape index (κ3) is 6.42. The van der Waals surface area contributed by atoms with Crippen LogP contribution in [0.1, 0.15) is 38.2 Å². The van der Waals surface area contributed by atoms with Crippen LogP contribution in [0.3, 0.4) is 0 Å². The molecule has 0 saturated carbocycles. The number of carbonyl (C=O) groups is 1. The van der Waals surface area contributed by atoms with E-state index in [1.165, 1.54) is 22.7 Å². The second kappa shape index (κ2) is 10.2. The first-order chi connectivity index (χ1) is 15.5. The van der Waals surface area contributed by atoms with Gasteiger partial charge in [-0.25, -0.2) is 12.8 Å². The van der Waals surface area contributed by atoms with Gasteiger partial charge >= 0.3 is 0 Å². The molecule has 1 N–H and O–H groups in total. The Kier molecular flexibility index (Phi) is 7.53. The van der Waals surface area contributed by atoms with Crippen molar-refractivity contribution in [3.8, 4) is 0 Å².